The Hall–Kier alpha value is -1.14. The van der Waals surface area contributed by atoms with E-state index in [1.54, 1.807) is 0 Å². The van der Waals surface area contributed by atoms with Gasteiger partial charge in [-0.2, -0.15) is 0 Å². The number of carboxylic acid groups (broad SMARTS) is 1. The highest BCUT2D eigenvalue weighted by Gasteiger charge is 2.26. The third-order valence-corrected chi connectivity index (χ3v) is 2.62. The Morgan fingerprint density at radius 2 is 2.00 bits per heavy atom. The van der Waals surface area contributed by atoms with E-state index in [1.165, 1.54) is 0 Å². The lowest BCUT2D eigenvalue weighted by atomic mass is 9.99. The first-order valence-electron chi connectivity index (χ1n) is 5.37. The molecular weight excluding hydrogens is 214 g/mol. The number of aliphatic hydroxyl groups is 1. The molecule has 0 spiro atoms. The summed E-state index contributed by atoms with van der Waals surface area (Å²) in [5.41, 5.74) is 0. The highest BCUT2D eigenvalue weighted by Crippen LogP contribution is 2.14. The molecule has 1 rings (SSSR count). The molecule has 1 saturated heterocycles. The maximum absolute atomic E-state index is 11.7. The first-order chi connectivity index (χ1) is 7.65. The molecule has 3 N–H and O–H groups in total. The second kappa shape index (κ2) is 6.44. The van der Waals surface area contributed by atoms with Crippen LogP contribution in [0.1, 0.15) is 19.3 Å². The summed E-state index contributed by atoms with van der Waals surface area (Å²) in [6.45, 7) is 0.816. The van der Waals surface area contributed by atoms with Crippen LogP contribution in [0.3, 0.4) is 0 Å². The maximum Gasteiger partial charge on any atom is 0.326 e. The quantitative estimate of drug-likeness (QED) is 0.585. The topological polar surface area (TPSA) is 95.9 Å². The average Bonchev–Trinajstić information content (AvgIpc) is 2.29. The molecule has 0 unspecified atom stereocenters. The Labute approximate surface area is 93.6 Å². The average molecular weight is 231 g/mol. The summed E-state index contributed by atoms with van der Waals surface area (Å²) in [5, 5.41) is 19.9. The Bertz CT molecular complexity index is 250. The molecule has 6 nitrogen and oxygen atoms in total. The summed E-state index contributed by atoms with van der Waals surface area (Å²) in [4.78, 5) is 22.4. The zero-order valence-electron chi connectivity index (χ0n) is 9.02. The zero-order valence-corrected chi connectivity index (χ0v) is 9.02. The van der Waals surface area contributed by atoms with E-state index in [0.29, 0.717) is 26.1 Å². The lowest BCUT2D eigenvalue weighted by Crippen LogP contribution is -2.45. The molecule has 0 aromatic carbocycles. The summed E-state index contributed by atoms with van der Waals surface area (Å²) in [7, 11) is 0. The van der Waals surface area contributed by atoms with Crippen molar-refractivity contribution in [3.63, 3.8) is 0 Å². The number of hydrogen-bond acceptors (Lipinski definition) is 4. The van der Waals surface area contributed by atoms with E-state index < -0.39 is 12.0 Å². The molecule has 0 radical (unpaired) electrons. The molecule has 1 atom stereocenters. The van der Waals surface area contributed by atoms with Gasteiger partial charge in [-0.1, -0.05) is 0 Å². The molecule has 92 valence electrons. The van der Waals surface area contributed by atoms with Gasteiger partial charge in [0, 0.05) is 32.2 Å². The lowest BCUT2D eigenvalue weighted by molar-refractivity contribution is -0.143. The number of hydrogen-bond donors (Lipinski definition) is 3. The fourth-order valence-corrected chi connectivity index (χ4v) is 1.64. The van der Waals surface area contributed by atoms with E-state index in [0.717, 1.165) is 0 Å². The molecule has 1 heterocycles. The Morgan fingerprint density at radius 3 is 2.50 bits per heavy atom. The van der Waals surface area contributed by atoms with Gasteiger partial charge in [-0.05, 0) is 12.8 Å². The summed E-state index contributed by atoms with van der Waals surface area (Å²) < 4.78 is 5.11. The fraction of sp³-hybridized carbons (Fsp3) is 0.800. The second-order valence-electron chi connectivity index (χ2n) is 3.80. The van der Waals surface area contributed by atoms with Crippen molar-refractivity contribution < 1.29 is 24.5 Å². The number of amides is 1. The molecule has 6 heteroatoms. The van der Waals surface area contributed by atoms with Gasteiger partial charge in [-0.25, -0.2) is 4.79 Å². The van der Waals surface area contributed by atoms with E-state index in [1.807, 2.05) is 0 Å². The van der Waals surface area contributed by atoms with E-state index in [2.05, 4.69) is 5.32 Å². The van der Waals surface area contributed by atoms with Crippen LogP contribution in [-0.2, 0) is 14.3 Å². The minimum Gasteiger partial charge on any atom is -0.480 e. The Kier molecular flexibility index (Phi) is 5.21. The SMILES string of the molecule is O=C(N[C@H](CCO)C(=O)O)C1CCOCC1. The number of carboxylic acids is 1. The lowest BCUT2D eigenvalue weighted by Gasteiger charge is -2.23. The number of ether oxygens (including phenoxy) is 1. The van der Waals surface area contributed by atoms with Crippen molar-refractivity contribution in [3.05, 3.63) is 0 Å². The van der Waals surface area contributed by atoms with Gasteiger partial charge >= 0.3 is 5.97 Å². The molecule has 0 bridgehead atoms. The minimum absolute atomic E-state index is 0.0320. The van der Waals surface area contributed by atoms with Crippen LogP contribution in [0.15, 0.2) is 0 Å². The summed E-state index contributed by atoms with van der Waals surface area (Å²) in [5.74, 6) is -1.55. The second-order valence-corrected chi connectivity index (χ2v) is 3.80. The third-order valence-electron chi connectivity index (χ3n) is 2.62. The van der Waals surface area contributed by atoms with Crippen LogP contribution in [0.25, 0.3) is 0 Å². The predicted octanol–water partition coefficient (Wildman–Crippen LogP) is -0.635. The summed E-state index contributed by atoms with van der Waals surface area (Å²) in [6, 6.07) is -1.000. The first kappa shape index (κ1) is 12.9. The number of aliphatic carboxylic acids is 1. The smallest absolute Gasteiger partial charge is 0.326 e. The van der Waals surface area contributed by atoms with Gasteiger partial charge in [0.25, 0.3) is 0 Å². The summed E-state index contributed by atoms with van der Waals surface area (Å²) in [6.07, 6.45) is 1.28. The van der Waals surface area contributed by atoms with Gasteiger partial charge in [0.05, 0.1) is 0 Å². The van der Waals surface area contributed by atoms with Crippen LogP contribution in [0, 0.1) is 5.92 Å². The number of rotatable bonds is 5. The monoisotopic (exact) mass is 231 g/mol. The maximum atomic E-state index is 11.7. The van der Waals surface area contributed by atoms with Crippen LogP contribution in [0.2, 0.25) is 0 Å². The van der Waals surface area contributed by atoms with E-state index in [-0.39, 0.29) is 24.9 Å². The van der Waals surface area contributed by atoms with Gasteiger partial charge in [0.1, 0.15) is 6.04 Å². The highest BCUT2D eigenvalue weighted by molar-refractivity contribution is 5.84. The van der Waals surface area contributed by atoms with Crippen molar-refractivity contribution >= 4 is 11.9 Å². The first-order valence-corrected chi connectivity index (χ1v) is 5.37. The van der Waals surface area contributed by atoms with Gasteiger partial charge in [0.15, 0.2) is 0 Å². The zero-order chi connectivity index (χ0) is 12.0. The van der Waals surface area contributed by atoms with Gasteiger partial charge in [-0.3, -0.25) is 4.79 Å². The number of nitrogens with one attached hydrogen (secondary N) is 1. The van der Waals surface area contributed by atoms with Crippen LogP contribution >= 0.6 is 0 Å². The fourth-order valence-electron chi connectivity index (χ4n) is 1.64. The van der Waals surface area contributed by atoms with E-state index in [9.17, 15) is 9.59 Å². The molecule has 1 fully saturated rings. The van der Waals surface area contributed by atoms with Gasteiger partial charge < -0.3 is 20.3 Å². The van der Waals surface area contributed by atoms with Crippen molar-refractivity contribution in [1.82, 2.24) is 5.32 Å². The number of carbonyl (C=O) groups is 2. The van der Waals surface area contributed by atoms with Crippen molar-refractivity contribution in [2.75, 3.05) is 19.8 Å². The van der Waals surface area contributed by atoms with Crippen LogP contribution in [0.4, 0.5) is 0 Å². The highest BCUT2D eigenvalue weighted by atomic mass is 16.5. The van der Waals surface area contributed by atoms with Gasteiger partial charge in [0.2, 0.25) is 5.91 Å². The summed E-state index contributed by atoms with van der Waals surface area (Å²) >= 11 is 0. The largest absolute Gasteiger partial charge is 0.480 e. The van der Waals surface area contributed by atoms with Crippen molar-refractivity contribution in [2.45, 2.75) is 25.3 Å². The Balaban J connectivity index is 2.43. The Morgan fingerprint density at radius 1 is 1.38 bits per heavy atom. The van der Waals surface area contributed by atoms with Crippen LogP contribution in [0.5, 0.6) is 0 Å². The van der Waals surface area contributed by atoms with E-state index in [4.69, 9.17) is 14.9 Å². The molecule has 0 aromatic rings. The molecule has 1 amide bonds. The minimum atomic E-state index is -1.12. The van der Waals surface area contributed by atoms with Crippen LogP contribution in [-0.4, -0.2) is 48.0 Å². The van der Waals surface area contributed by atoms with Crippen molar-refractivity contribution in [1.29, 1.82) is 0 Å². The van der Waals surface area contributed by atoms with Crippen molar-refractivity contribution in [2.24, 2.45) is 5.92 Å². The molecule has 0 aliphatic carbocycles. The molecule has 0 saturated carbocycles. The normalized spacial score (nSPS) is 19.1. The molecular formula is C10H17NO5. The third kappa shape index (κ3) is 3.79. The molecule has 0 aromatic heterocycles. The predicted molar refractivity (Wildman–Crippen MR) is 54.8 cm³/mol. The van der Waals surface area contributed by atoms with Gasteiger partial charge in [-0.15, -0.1) is 0 Å². The standard InChI is InChI=1S/C10H17NO5/c12-4-1-8(10(14)15)11-9(13)7-2-5-16-6-3-7/h7-8,12H,1-6H2,(H,11,13)(H,14,15)/t8-/m1/s1. The molecule has 1 aliphatic rings. The van der Waals surface area contributed by atoms with E-state index >= 15 is 0 Å². The van der Waals surface area contributed by atoms with Crippen molar-refractivity contribution in [3.8, 4) is 0 Å². The molecule has 16 heavy (non-hydrogen) atoms. The number of carbonyl (C=O) groups excluding carboxylic acids is 1. The molecule has 1 aliphatic heterocycles. The van der Waals surface area contributed by atoms with Crippen LogP contribution < -0.4 is 5.32 Å². The number of aliphatic hydroxyl groups excluding tert-OH is 1.